The fourth-order valence-electron chi connectivity index (χ4n) is 1.88. The molecule has 90 valence electrons. The molecular weight excluding hydrogens is 232 g/mol. The fourth-order valence-corrected chi connectivity index (χ4v) is 1.88. The maximum absolute atomic E-state index is 13.6. The molecular formula is C15H11F2N. The molecule has 0 fully saturated rings. The Bertz CT molecular complexity index is 587. The first-order chi connectivity index (χ1) is 8.70. The van der Waals surface area contributed by atoms with Gasteiger partial charge in [-0.15, -0.1) is 0 Å². The Morgan fingerprint density at radius 2 is 1.83 bits per heavy atom. The first kappa shape index (κ1) is 12.3. The zero-order chi connectivity index (χ0) is 13.0. The molecule has 1 nitrogen and oxygen atoms in total. The molecule has 2 rings (SSSR count). The van der Waals surface area contributed by atoms with Gasteiger partial charge in [-0.25, -0.2) is 8.78 Å². The van der Waals surface area contributed by atoms with E-state index in [0.29, 0.717) is 17.5 Å². The van der Waals surface area contributed by atoms with Crippen molar-refractivity contribution in [2.75, 3.05) is 0 Å². The van der Waals surface area contributed by atoms with Crippen LogP contribution in [-0.4, -0.2) is 0 Å². The van der Waals surface area contributed by atoms with Crippen molar-refractivity contribution in [1.82, 2.24) is 0 Å². The van der Waals surface area contributed by atoms with E-state index in [-0.39, 0.29) is 5.82 Å². The van der Waals surface area contributed by atoms with Gasteiger partial charge in [-0.1, -0.05) is 30.3 Å². The van der Waals surface area contributed by atoms with Crippen molar-refractivity contribution < 1.29 is 8.78 Å². The monoisotopic (exact) mass is 243 g/mol. The van der Waals surface area contributed by atoms with Gasteiger partial charge in [-0.05, 0) is 30.2 Å². The molecule has 0 spiro atoms. The Morgan fingerprint density at radius 1 is 1.06 bits per heavy atom. The second-order valence-electron chi connectivity index (χ2n) is 4.04. The van der Waals surface area contributed by atoms with Crippen molar-refractivity contribution in [3.63, 3.8) is 0 Å². The van der Waals surface area contributed by atoms with E-state index < -0.39 is 11.7 Å². The van der Waals surface area contributed by atoms with Crippen LogP contribution >= 0.6 is 0 Å². The molecule has 0 heterocycles. The van der Waals surface area contributed by atoms with Crippen LogP contribution in [0.2, 0.25) is 0 Å². The van der Waals surface area contributed by atoms with Gasteiger partial charge in [-0.3, -0.25) is 0 Å². The largest absolute Gasteiger partial charge is 0.207 e. The number of halogens is 2. The molecule has 1 unspecified atom stereocenters. The van der Waals surface area contributed by atoms with Gasteiger partial charge in [0.2, 0.25) is 0 Å². The predicted molar refractivity (Wildman–Crippen MR) is 64.9 cm³/mol. The molecule has 0 saturated carbocycles. The highest BCUT2D eigenvalue weighted by Gasteiger charge is 2.15. The molecule has 1 atom stereocenters. The Balaban J connectivity index is 2.26. The highest BCUT2D eigenvalue weighted by molar-refractivity contribution is 5.30. The topological polar surface area (TPSA) is 23.8 Å². The van der Waals surface area contributed by atoms with Crippen molar-refractivity contribution in [3.8, 4) is 6.07 Å². The van der Waals surface area contributed by atoms with E-state index in [1.807, 2.05) is 0 Å². The quantitative estimate of drug-likeness (QED) is 0.804. The summed E-state index contributed by atoms with van der Waals surface area (Å²) in [6, 6.07) is 14.3. The van der Waals surface area contributed by atoms with E-state index in [9.17, 15) is 8.78 Å². The van der Waals surface area contributed by atoms with Crippen LogP contribution in [0.15, 0.2) is 48.5 Å². The summed E-state index contributed by atoms with van der Waals surface area (Å²) < 4.78 is 26.6. The molecule has 0 saturated heterocycles. The third-order valence-electron chi connectivity index (χ3n) is 2.77. The summed E-state index contributed by atoms with van der Waals surface area (Å²) >= 11 is 0. The van der Waals surface area contributed by atoms with Crippen molar-refractivity contribution in [3.05, 3.63) is 71.3 Å². The average Bonchev–Trinajstić information content (AvgIpc) is 2.37. The summed E-state index contributed by atoms with van der Waals surface area (Å²) in [6.45, 7) is 0. The van der Waals surface area contributed by atoms with E-state index in [2.05, 4.69) is 6.07 Å². The molecule has 0 aliphatic carbocycles. The summed E-state index contributed by atoms with van der Waals surface area (Å²) in [5.74, 6) is -1.36. The lowest BCUT2D eigenvalue weighted by Crippen LogP contribution is -2.03. The van der Waals surface area contributed by atoms with Gasteiger partial charge < -0.3 is 0 Å². The van der Waals surface area contributed by atoms with Gasteiger partial charge in [-0.2, -0.15) is 5.26 Å². The van der Waals surface area contributed by atoms with E-state index >= 15 is 0 Å². The minimum Gasteiger partial charge on any atom is -0.207 e. The molecule has 0 aliphatic heterocycles. The average molecular weight is 243 g/mol. The third kappa shape index (κ3) is 2.72. The smallest absolute Gasteiger partial charge is 0.127 e. The van der Waals surface area contributed by atoms with Crippen molar-refractivity contribution >= 4 is 0 Å². The molecule has 3 heteroatoms. The second-order valence-corrected chi connectivity index (χ2v) is 4.04. The fraction of sp³-hybridized carbons (Fsp3) is 0.133. The lowest BCUT2D eigenvalue weighted by atomic mass is 9.93. The maximum Gasteiger partial charge on any atom is 0.127 e. The van der Waals surface area contributed by atoms with Crippen LogP contribution in [0.25, 0.3) is 0 Å². The van der Waals surface area contributed by atoms with Crippen LogP contribution in [0.4, 0.5) is 8.78 Å². The Kier molecular flexibility index (Phi) is 3.69. The van der Waals surface area contributed by atoms with Crippen LogP contribution in [0.3, 0.4) is 0 Å². The number of hydrogen-bond acceptors (Lipinski definition) is 1. The van der Waals surface area contributed by atoms with E-state index in [4.69, 9.17) is 5.26 Å². The lowest BCUT2D eigenvalue weighted by molar-refractivity contribution is 0.598. The van der Waals surface area contributed by atoms with E-state index in [1.165, 1.54) is 18.2 Å². The lowest BCUT2D eigenvalue weighted by Gasteiger charge is -2.10. The highest BCUT2D eigenvalue weighted by Crippen LogP contribution is 2.23. The SMILES string of the molecule is N#CC(Cc1cccc(F)c1)c1ccccc1F. The number of benzene rings is 2. The predicted octanol–water partition coefficient (Wildman–Crippen LogP) is 3.81. The summed E-state index contributed by atoms with van der Waals surface area (Å²) in [4.78, 5) is 0. The van der Waals surface area contributed by atoms with Crippen LogP contribution in [0.5, 0.6) is 0 Å². The summed E-state index contributed by atoms with van der Waals surface area (Å²) in [5, 5.41) is 9.12. The highest BCUT2D eigenvalue weighted by atomic mass is 19.1. The zero-order valence-corrected chi connectivity index (χ0v) is 9.61. The molecule has 0 aliphatic rings. The Labute approximate surface area is 104 Å². The molecule has 0 radical (unpaired) electrons. The zero-order valence-electron chi connectivity index (χ0n) is 9.61. The molecule has 18 heavy (non-hydrogen) atoms. The number of nitriles is 1. The van der Waals surface area contributed by atoms with Crippen molar-refractivity contribution in [2.24, 2.45) is 0 Å². The van der Waals surface area contributed by atoms with Crippen LogP contribution < -0.4 is 0 Å². The summed E-state index contributed by atoms with van der Waals surface area (Å²) in [5.41, 5.74) is 1.04. The third-order valence-corrected chi connectivity index (χ3v) is 2.77. The van der Waals surface area contributed by atoms with Gasteiger partial charge in [0.05, 0.1) is 12.0 Å². The van der Waals surface area contributed by atoms with Crippen molar-refractivity contribution in [2.45, 2.75) is 12.3 Å². The van der Waals surface area contributed by atoms with Crippen LogP contribution in [-0.2, 0) is 6.42 Å². The molecule has 0 amide bonds. The standard InChI is InChI=1S/C15H11F2N/c16-13-5-3-4-11(9-13)8-12(10-18)14-6-1-2-7-15(14)17/h1-7,9,12H,8H2. The Hall–Kier alpha value is -2.21. The molecule has 2 aromatic rings. The first-order valence-electron chi connectivity index (χ1n) is 5.59. The first-order valence-corrected chi connectivity index (χ1v) is 5.59. The number of hydrogen-bond donors (Lipinski definition) is 0. The molecule has 0 N–H and O–H groups in total. The van der Waals surface area contributed by atoms with Gasteiger partial charge in [0.15, 0.2) is 0 Å². The molecule has 0 aromatic heterocycles. The van der Waals surface area contributed by atoms with Crippen molar-refractivity contribution in [1.29, 1.82) is 5.26 Å². The van der Waals surface area contributed by atoms with Gasteiger partial charge in [0, 0.05) is 5.56 Å². The maximum atomic E-state index is 13.6. The number of rotatable bonds is 3. The normalized spacial score (nSPS) is 11.8. The minimum atomic E-state index is -0.604. The molecule has 0 bridgehead atoms. The van der Waals surface area contributed by atoms with Gasteiger partial charge in [0.25, 0.3) is 0 Å². The van der Waals surface area contributed by atoms with E-state index in [1.54, 1.807) is 30.3 Å². The van der Waals surface area contributed by atoms with Crippen LogP contribution in [0.1, 0.15) is 17.0 Å². The minimum absolute atomic E-state index is 0.301. The summed E-state index contributed by atoms with van der Waals surface area (Å²) in [7, 11) is 0. The Morgan fingerprint density at radius 3 is 2.50 bits per heavy atom. The summed E-state index contributed by atoms with van der Waals surface area (Å²) in [6.07, 6.45) is 0.301. The second kappa shape index (κ2) is 5.42. The van der Waals surface area contributed by atoms with E-state index in [0.717, 1.165) is 0 Å². The van der Waals surface area contributed by atoms with Gasteiger partial charge in [0.1, 0.15) is 11.6 Å². The van der Waals surface area contributed by atoms with Crippen LogP contribution in [0, 0.1) is 23.0 Å². The number of nitrogens with zero attached hydrogens (tertiary/aromatic N) is 1. The van der Waals surface area contributed by atoms with Gasteiger partial charge >= 0.3 is 0 Å². The molecule has 2 aromatic carbocycles.